The molecule has 5 rings (SSSR count). The van der Waals surface area contributed by atoms with Gasteiger partial charge in [-0.05, 0) is 86.3 Å². The van der Waals surface area contributed by atoms with Gasteiger partial charge in [-0.3, -0.25) is 0 Å². The second kappa shape index (κ2) is 9.20. The average Bonchev–Trinajstić information content (AvgIpc) is 3.45. The number of aromatic nitrogens is 2. The maximum atomic E-state index is 5.98. The van der Waals surface area contributed by atoms with Gasteiger partial charge in [0.25, 0.3) is 0 Å². The predicted octanol–water partition coefficient (Wildman–Crippen LogP) is 6.16. The maximum Gasteiger partial charge on any atom is 0.113 e. The Morgan fingerprint density at radius 1 is 0.906 bits per heavy atom. The van der Waals surface area contributed by atoms with Gasteiger partial charge in [0.1, 0.15) is 5.69 Å². The van der Waals surface area contributed by atoms with Crippen LogP contribution in [0.1, 0.15) is 29.7 Å². The topological polar surface area (TPSA) is 21.1 Å². The van der Waals surface area contributed by atoms with Crippen LogP contribution in [0.25, 0.3) is 22.0 Å². The van der Waals surface area contributed by atoms with E-state index in [1.807, 2.05) is 42.6 Å². The molecule has 0 spiro atoms. The zero-order valence-corrected chi connectivity index (χ0v) is 19.1. The summed E-state index contributed by atoms with van der Waals surface area (Å²) in [7, 11) is 0. The molecule has 2 aromatic carbocycles. The highest BCUT2D eigenvalue weighted by molar-refractivity contribution is 6.30. The van der Waals surface area contributed by atoms with Gasteiger partial charge in [-0.1, -0.05) is 35.7 Å². The van der Waals surface area contributed by atoms with E-state index in [0.717, 1.165) is 40.5 Å². The van der Waals surface area contributed by atoms with E-state index in [-0.39, 0.29) is 0 Å². The molecule has 1 aliphatic rings. The smallest absolute Gasteiger partial charge is 0.113 e. The number of halogens is 1. The monoisotopic (exact) mass is 439 g/mol. The van der Waals surface area contributed by atoms with Gasteiger partial charge >= 0.3 is 0 Å². The fourth-order valence-corrected chi connectivity index (χ4v) is 4.54. The molecule has 32 heavy (non-hydrogen) atoms. The molecular weight excluding hydrogens is 414 g/mol. The molecule has 4 aromatic rings. The van der Waals surface area contributed by atoms with Crippen molar-refractivity contribution in [3.8, 4) is 23.0 Å². The van der Waals surface area contributed by atoms with Gasteiger partial charge in [-0.25, -0.2) is 4.98 Å². The molecule has 0 atom stereocenters. The molecule has 0 radical (unpaired) electrons. The van der Waals surface area contributed by atoms with Crippen molar-refractivity contribution < 1.29 is 0 Å². The second-order valence-electron chi connectivity index (χ2n) is 8.48. The molecule has 0 aliphatic carbocycles. The molecular formula is C28H26ClN3. The van der Waals surface area contributed by atoms with E-state index >= 15 is 0 Å². The summed E-state index contributed by atoms with van der Waals surface area (Å²) in [5, 5.41) is 2.02. The van der Waals surface area contributed by atoms with Crippen LogP contribution in [-0.4, -0.2) is 34.1 Å². The molecule has 1 fully saturated rings. The molecule has 0 saturated carbocycles. The van der Waals surface area contributed by atoms with Gasteiger partial charge in [0.2, 0.25) is 0 Å². The van der Waals surface area contributed by atoms with Crippen molar-refractivity contribution in [2.24, 2.45) is 0 Å². The first-order valence-corrected chi connectivity index (χ1v) is 11.6. The highest BCUT2D eigenvalue weighted by Gasteiger charge is 2.12. The lowest BCUT2D eigenvalue weighted by molar-refractivity contribution is 0.324. The lowest BCUT2D eigenvalue weighted by Crippen LogP contribution is -2.23. The van der Waals surface area contributed by atoms with Crippen molar-refractivity contribution in [3.05, 3.63) is 88.8 Å². The molecule has 4 heteroatoms. The van der Waals surface area contributed by atoms with Gasteiger partial charge in [0.05, 0.1) is 0 Å². The second-order valence-corrected chi connectivity index (χ2v) is 8.91. The van der Waals surface area contributed by atoms with Crippen molar-refractivity contribution in [1.29, 1.82) is 0 Å². The lowest BCUT2D eigenvalue weighted by Gasteiger charge is -2.15. The molecule has 2 aromatic heterocycles. The fraction of sp³-hybridized carbons (Fsp3) is 0.250. The van der Waals surface area contributed by atoms with Gasteiger partial charge in [-0.2, -0.15) is 0 Å². The van der Waals surface area contributed by atoms with Crippen LogP contribution in [0.2, 0.25) is 5.02 Å². The average molecular weight is 440 g/mol. The molecule has 0 bridgehead atoms. The molecule has 3 heterocycles. The summed E-state index contributed by atoms with van der Waals surface area (Å²) in [4.78, 5) is 7.08. The van der Waals surface area contributed by atoms with Crippen LogP contribution in [0, 0.1) is 18.8 Å². The third kappa shape index (κ3) is 4.58. The number of benzene rings is 2. The Morgan fingerprint density at radius 3 is 2.44 bits per heavy atom. The fourth-order valence-electron chi connectivity index (χ4n) is 4.41. The molecule has 0 N–H and O–H groups in total. The third-order valence-corrected chi connectivity index (χ3v) is 6.46. The largest absolute Gasteiger partial charge is 0.346 e. The Labute approximate surface area is 194 Å². The first-order valence-electron chi connectivity index (χ1n) is 11.2. The third-order valence-electron chi connectivity index (χ3n) is 6.21. The Hall–Kier alpha value is -3.06. The number of nitrogens with zero attached hydrogens (tertiary/aromatic N) is 3. The summed E-state index contributed by atoms with van der Waals surface area (Å²) in [6.07, 6.45) is 6.81. The first-order chi connectivity index (χ1) is 15.7. The van der Waals surface area contributed by atoms with Gasteiger partial charge in [0, 0.05) is 52.5 Å². The van der Waals surface area contributed by atoms with Crippen LogP contribution in [0.3, 0.4) is 0 Å². The Balaban J connectivity index is 1.32. The van der Waals surface area contributed by atoms with Crippen LogP contribution in [0.15, 0.2) is 67.0 Å². The highest BCUT2D eigenvalue weighted by atomic mass is 35.5. The lowest BCUT2D eigenvalue weighted by atomic mass is 10.1. The maximum absolute atomic E-state index is 5.98. The number of aryl methyl sites for hydroxylation is 1. The van der Waals surface area contributed by atoms with E-state index in [9.17, 15) is 0 Å². The van der Waals surface area contributed by atoms with Crippen molar-refractivity contribution >= 4 is 22.5 Å². The van der Waals surface area contributed by atoms with E-state index in [1.54, 1.807) is 0 Å². The number of rotatable bonds is 4. The van der Waals surface area contributed by atoms with Crippen molar-refractivity contribution in [1.82, 2.24) is 14.5 Å². The number of likely N-dealkylation sites (tertiary alicyclic amines) is 1. The molecule has 3 nitrogen and oxygen atoms in total. The number of pyridine rings is 1. The molecule has 0 amide bonds. The Morgan fingerprint density at radius 2 is 1.69 bits per heavy atom. The van der Waals surface area contributed by atoms with E-state index in [2.05, 4.69) is 57.6 Å². The Kier molecular flexibility index (Phi) is 5.99. The minimum atomic E-state index is 0.735. The Bertz CT molecular complexity index is 1290. The molecule has 160 valence electrons. The molecule has 0 unspecified atom stereocenters. The molecule has 1 saturated heterocycles. The summed E-state index contributed by atoms with van der Waals surface area (Å²) in [5.74, 6) is 6.49. The van der Waals surface area contributed by atoms with Crippen LogP contribution < -0.4 is 0 Å². The number of hydrogen-bond acceptors (Lipinski definition) is 2. The van der Waals surface area contributed by atoms with Crippen molar-refractivity contribution in [3.63, 3.8) is 0 Å². The summed E-state index contributed by atoms with van der Waals surface area (Å²) >= 11 is 5.98. The zero-order valence-electron chi connectivity index (χ0n) is 18.3. The first kappa shape index (κ1) is 20.8. The van der Waals surface area contributed by atoms with Crippen LogP contribution in [0.5, 0.6) is 0 Å². The van der Waals surface area contributed by atoms with Gasteiger partial charge in [-0.15, -0.1) is 0 Å². The normalized spacial score (nSPS) is 13.9. The van der Waals surface area contributed by atoms with E-state index in [4.69, 9.17) is 11.6 Å². The van der Waals surface area contributed by atoms with Crippen molar-refractivity contribution in [2.75, 3.05) is 19.6 Å². The van der Waals surface area contributed by atoms with E-state index < -0.39 is 0 Å². The number of fused-ring (bicyclic) bond motifs is 1. The van der Waals surface area contributed by atoms with Crippen LogP contribution >= 0.6 is 11.6 Å². The summed E-state index contributed by atoms with van der Waals surface area (Å²) in [6, 6.07) is 18.3. The van der Waals surface area contributed by atoms with Crippen LogP contribution in [-0.2, 0) is 6.54 Å². The molecule has 1 aliphatic heterocycles. The van der Waals surface area contributed by atoms with E-state index in [1.165, 1.54) is 42.4 Å². The minimum Gasteiger partial charge on any atom is -0.346 e. The highest BCUT2D eigenvalue weighted by Crippen LogP contribution is 2.23. The quantitative estimate of drug-likeness (QED) is 0.355. The van der Waals surface area contributed by atoms with E-state index in [0.29, 0.717) is 0 Å². The zero-order chi connectivity index (χ0) is 21.9. The van der Waals surface area contributed by atoms with Gasteiger partial charge in [0.15, 0.2) is 0 Å². The van der Waals surface area contributed by atoms with Gasteiger partial charge < -0.3 is 9.47 Å². The summed E-state index contributed by atoms with van der Waals surface area (Å²) < 4.78 is 2.39. The summed E-state index contributed by atoms with van der Waals surface area (Å²) in [5.41, 5.74) is 6.52. The standard InChI is InChI=1S/C28H26ClN3/c1-21-20-32(17-16-31-14-2-3-15-31)28-13-5-22(18-27(21)28)4-11-26-12-8-24(19-30-26)23-6-9-25(29)10-7-23/h5-10,12-13,18-20H,2-3,14-17H2,1H3. The summed E-state index contributed by atoms with van der Waals surface area (Å²) in [6.45, 7) is 6.84. The number of hydrogen-bond donors (Lipinski definition) is 0. The van der Waals surface area contributed by atoms with Crippen LogP contribution in [0.4, 0.5) is 0 Å². The SMILES string of the molecule is Cc1cn(CCN2CCCC2)c2ccc(C#Cc3ccc(-c4ccc(Cl)cc4)cn3)cc12. The van der Waals surface area contributed by atoms with Crippen molar-refractivity contribution in [2.45, 2.75) is 26.3 Å². The minimum absolute atomic E-state index is 0.735. The predicted molar refractivity (Wildman–Crippen MR) is 133 cm³/mol.